The molecule has 1 aromatic carbocycles. The maximum atomic E-state index is 11.4. The molecule has 2 aromatic heterocycles. The van der Waals surface area contributed by atoms with Crippen molar-refractivity contribution >= 4 is 11.8 Å². The lowest BCUT2D eigenvalue weighted by Crippen LogP contribution is -2.14. The Labute approximate surface area is 190 Å². The van der Waals surface area contributed by atoms with E-state index in [1.54, 1.807) is 12.1 Å². The highest BCUT2D eigenvalue weighted by Crippen LogP contribution is 2.36. The summed E-state index contributed by atoms with van der Waals surface area (Å²) in [5, 5.41) is 16.7. The molecule has 9 nitrogen and oxygen atoms in total. The molecule has 0 spiro atoms. The van der Waals surface area contributed by atoms with Gasteiger partial charge in [-0.15, -0.1) is 0 Å². The molecule has 1 unspecified atom stereocenters. The van der Waals surface area contributed by atoms with Crippen molar-refractivity contribution < 1.29 is 28.6 Å². The van der Waals surface area contributed by atoms with E-state index >= 15 is 0 Å². The molecule has 0 saturated carbocycles. The molecule has 0 aliphatic carbocycles. The number of hydrogen-bond acceptors (Lipinski definition) is 8. The van der Waals surface area contributed by atoms with Crippen LogP contribution in [0.3, 0.4) is 0 Å². The van der Waals surface area contributed by atoms with Crippen LogP contribution in [0, 0.1) is 0 Å². The van der Waals surface area contributed by atoms with E-state index in [9.17, 15) is 9.90 Å². The molecule has 0 radical (unpaired) electrons. The van der Waals surface area contributed by atoms with Crippen molar-refractivity contribution in [1.29, 1.82) is 0 Å². The van der Waals surface area contributed by atoms with Gasteiger partial charge in [0.1, 0.15) is 11.6 Å². The summed E-state index contributed by atoms with van der Waals surface area (Å²) in [5.41, 5.74) is 3.05. The highest BCUT2D eigenvalue weighted by atomic mass is 16.7. The Hall–Kier alpha value is -3.75. The maximum absolute atomic E-state index is 11.4. The standard InChI is InChI=1S/C24H25N3O6/c28-23(29)12-17(16-4-6-20-21(11-16)32-14-31-20)10-19-13-22(27-33-19)30-9-7-18-5-3-15-2-1-8-25-24(15)26-18/h3-6,11,13,17H,1-2,7-10,12,14H2,(H,25,26)(H,28,29). The quantitative estimate of drug-likeness (QED) is 0.503. The Morgan fingerprint density at radius 1 is 1.18 bits per heavy atom. The van der Waals surface area contributed by atoms with Crippen LogP contribution in [0.1, 0.15) is 41.3 Å². The Kier molecular flexibility index (Phi) is 6.01. The zero-order valence-corrected chi connectivity index (χ0v) is 18.1. The summed E-state index contributed by atoms with van der Waals surface area (Å²) in [6.45, 7) is 1.54. The van der Waals surface area contributed by atoms with Crippen molar-refractivity contribution in [3.63, 3.8) is 0 Å². The monoisotopic (exact) mass is 451 g/mol. The van der Waals surface area contributed by atoms with Gasteiger partial charge < -0.3 is 29.2 Å². The van der Waals surface area contributed by atoms with Gasteiger partial charge in [0.15, 0.2) is 11.5 Å². The number of rotatable bonds is 9. The van der Waals surface area contributed by atoms with Gasteiger partial charge in [0.05, 0.1) is 13.0 Å². The first-order chi connectivity index (χ1) is 16.1. The number of fused-ring (bicyclic) bond motifs is 2. The number of carboxylic acid groups (broad SMARTS) is 1. The SMILES string of the molecule is O=C(O)CC(Cc1cc(OCCc2ccc3c(n2)NCCC3)no1)c1ccc2c(c1)OCO2. The Balaban J connectivity index is 1.19. The molecule has 2 aliphatic heterocycles. The Morgan fingerprint density at radius 3 is 3.00 bits per heavy atom. The van der Waals surface area contributed by atoms with E-state index < -0.39 is 5.97 Å². The van der Waals surface area contributed by atoms with Gasteiger partial charge in [-0.2, -0.15) is 0 Å². The fourth-order valence-electron chi connectivity index (χ4n) is 4.16. The molecular weight excluding hydrogens is 426 g/mol. The van der Waals surface area contributed by atoms with Gasteiger partial charge in [0.25, 0.3) is 5.88 Å². The summed E-state index contributed by atoms with van der Waals surface area (Å²) < 4.78 is 21.9. The van der Waals surface area contributed by atoms with E-state index in [0.717, 1.165) is 36.5 Å². The number of nitrogens with one attached hydrogen (secondary N) is 1. The first-order valence-electron chi connectivity index (χ1n) is 11.1. The first kappa shape index (κ1) is 21.1. The van der Waals surface area contributed by atoms with E-state index in [1.165, 1.54) is 5.56 Å². The van der Waals surface area contributed by atoms with Crippen LogP contribution < -0.4 is 19.5 Å². The molecule has 33 heavy (non-hydrogen) atoms. The summed E-state index contributed by atoms with van der Waals surface area (Å²) in [6, 6.07) is 11.3. The minimum Gasteiger partial charge on any atom is -0.481 e. The van der Waals surface area contributed by atoms with Crippen molar-refractivity contribution in [2.45, 2.75) is 38.0 Å². The Morgan fingerprint density at radius 2 is 2.09 bits per heavy atom. The number of carboxylic acids is 1. The van der Waals surface area contributed by atoms with Crippen LogP contribution in [0.25, 0.3) is 0 Å². The number of aromatic nitrogens is 2. The molecule has 172 valence electrons. The zero-order valence-electron chi connectivity index (χ0n) is 18.1. The van der Waals surface area contributed by atoms with Crippen LogP contribution in [-0.4, -0.2) is 41.2 Å². The third-order valence-corrected chi connectivity index (χ3v) is 5.83. The van der Waals surface area contributed by atoms with Crippen LogP contribution in [0.15, 0.2) is 40.9 Å². The van der Waals surface area contributed by atoms with E-state index in [-0.39, 0.29) is 19.1 Å². The van der Waals surface area contributed by atoms with Crippen LogP contribution in [0.4, 0.5) is 5.82 Å². The highest BCUT2D eigenvalue weighted by Gasteiger charge is 2.22. The molecule has 3 aromatic rings. The van der Waals surface area contributed by atoms with Crippen LogP contribution in [0.2, 0.25) is 0 Å². The normalized spacial score (nSPS) is 14.9. The van der Waals surface area contributed by atoms with Gasteiger partial charge in [-0.1, -0.05) is 12.1 Å². The number of aliphatic carboxylic acids is 1. The number of anilines is 1. The molecular formula is C24H25N3O6. The largest absolute Gasteiger partial charge is 0.481 e. The van der Waals surface area contributed by atoms with Crippen molar-refractivity contribution in [2.75, 3.05) is 25.3 Å². The molecule has 0 amide bonds. The summed E-state index contributed by atoms with van der Waals surface area (Å²) in [6.07, 6.45) is 3.17. The molecule has 2 N–H and O–H groups in total. The van der Waals surface area contributed by atoms with E-state index in [0.29, 0.717) is 42.6 Å². The van der Waals surface area contributed by atoms with E-state index in [4.69, 9.17) is 18.7 Å². The number of pyridine rings is 1. The van der Waals surface area contributed by atoms with Gasteiger partial charge in [-0.3, -0.25) is 4.79 Å². The predicted molar refractivity (Wildman–Crippen MR) is 118 cm³/mol. The molecule has 0 fully saturated rings. The van der Waals surface area contributed by atoms with Gasteiger partial charge >= 0.3 is 5.97 Å². The second kappa shape index (κ2) is 9.40. The smallest absolute Gasteiger partial charge is 0.303 e. The number of carbonyl (C=O) groups is 1. The fourth-order valence-corrected chi connectivity index (χ4v) is 4.16. The van der Waals surface area contributed by atoms with Crippen LogP contribution in [-0.2, 0) is 24.1 Å². The zero-order chi connectivity index (χ0) is 22.6. The second-order valence-electron chi connectivity index (χ2n) is 8.18. The van der Waals surface area contributed by atoms with Gasteiger partial charge in [-0.25, -0.2) is 4.98 Å². The summed E-state index contributed by atoms with van der Waals surface area (Å²) >= 11 is 0. The molecule has 9 heteroatoms. The average Bonchev–Trinajstić information content (AvgIpc) is 3.47. The molecule has 0 saturated heterocycles. The minimum absolute atomic E-state index is 0.0471. The topological polar surface area (TPSA) is 116 Å². The van der Waals surface area contributed by atoms with Gasteiger partial charge in [0, 0.05) is 37.1 Å². The van der Waals surface area contributed by atoms with Crippen molar-refractivity contribution in [2.24, 2.45) is 0 Å². The fraction of sp³-hybridized carbons (Fsp3) is 0.375. The molecule has 5 rings (SSSR count). The molecule has 2 aliphatic rings. The van der Waals surface area contributed by atoms with Gasteiger partial charge in [-0.05, 0) is 47.3 Å². The predicted octanol–water partition coefficient (Wildman–Crippen LogP) is 3.58. The molecule has 4 heterocycles. The maximum Gasteiger partial charge on any atom is 0.303 e. The number of benzene rings is 1. The minimum atomic E-state index is -0.888. The lowest BCUT2D eigenvalue weighted by Gasteiger charge is -2.17. The highest BCUT2D eigenvalue weighted by molar-refractivity contribution is 5.68. The lowest BCUT2D eigenvalue weighted by atomic mass is 9.91. The van der Waals surface area contributed by atoms with Gasteiger partial charge in [0.2, 0.25) is 6.79 Å². The average molecular weight is 451 g/mol. The summed E-state index contributed by atoms with van der Waals surface area (Å²) in [5.74, 6) is 2.00. The Bertz CT molecular complexity index is 1140. The van der Waals surface area contributed by atoms with Crippen LogP contribution >= 0.6 is 0 Å². The summed E-state index contributed by atoms with van der Waals surface area (Å²) in [7, 11) is 0. The third kappa shape index (κ3) is 5.02. The van der Waals surface area contributed by atoms with Crippen LogP contribution in [0.5, 0.6) is 17.4 Å². The third-order valence-electron chi connectivity index (χ3n) is 5.83. The first-order valence-corrected chi connectivity index (χ1v) is 11.1. The molecule has 1 atom stereocenters. The number of hydrogen-bond donors (Lipinski definition) is 2. The molecule has 0 bridgehead atoms. The number of ether oxygens (including phenoxy) is 3. The number of nitrogens with zero attached hydrogens (tertiary/aromatic N) is 2. The lowest BCUT2D eigenvalue weighted by molar-refractivity contribution is -0.137. The number of aryl methyl sites for hydroxylation is 1. The van der Waals surface area contributed by atoms with E-state index in [2.05, 4.69) is 21.5 Å². The summed E-state index contributed by atoms with van der Waals surface area (Å²) in [4.78, 5) is 16.1. The van der Waals surface area contributed by atoms with Crippen molar-refractivity contribution in [3.05, 3.63) is 59.0 Å². The second-order valence-corrected chi connectivity index (χ2v) is 8.18. The van der Waals surface area contributed by atoms with Crippen molar-refractivity contribution in [1.82, 2.24) is 10.1 Å². The van der Waals surface area contributed by atoms with E-state index in [1.807, 2.05) is 18.2 Å². The van der Waals surface area contributed by atoms with Crippen molar-refractivity contribution in [3.8, 4) is 17.4 Å².